The molecule has 0 spiro atoms. The molecule has 4 nitrogen and oxygen atoms in total. The number of rotatable bonds is 4. The molecule has 1 rings (SSSR count). The number of aliphatic hydroxyl groups excluding tert-OH is 1. The Morgan fingerprint density at radius 1 is 1.47 bits per heavy atom. The van der Waals surface area contributed by atoms with E-state index in [1.54, 1.807) is 14.0 Å². The number of amides is 2. The second-order valence-corrected chi connectivity index (χ2v) is 4.00. The molecular weight excluding hydrogens is 223 g/mol. The van der Waals surface area contributed by atoms with Crippen molar-refractivity contribution in [3.63, 3.8) is 0 Å². The van der Waals surface area contributed by atoms with Crippen LogP contribution in [0.4, 0.5) is 14.9 Å². The normalized spacial score (nSPS) is 12.0. The second kappa shape index (κ2) is 6.20. The second-order valence-electron chi connectivity index (χ2n) is 4.00. The average Bonchev–Trinajstić information content (AvgIpc) is 2.28. The fourth-order valence-electron chi connectivity index (χ4n) is 1.23. The van der Waals surface area contributed by atoms with Crippen molar-refractivity contribution in [3.8, 4) is 0 Å². The van der Waals surface area contributed by atoms with E-state index < -0.39 is 6.10 Å². The Kier molecular flexibility index (Phi) is 4.90. The molecule has 94 valence electrons. The van der Waals surface area contributed by atoms with E-state index in [0.29, 0.717) is 18.7 Å². The van der Waals surface area contributed by atoms with Crippen molar-refractivity contribution in [2.45, 2.75) is 19.4 Å². The number of halogens is 1. The third-order valence-corrected chi connectivity index (χ3v) is 2.32. The Labute approximate surface area is 100 Å². The van der Waals surface area contributed by atoms with Gasteiger partial charge in [-0.2, -0.15) is 0 Å². The number of urea groups is 1. The van der Waals surface area contributed by atoms with Gasteiger partial charge in [-0.3, -0.25) is 0 Å². The zero-order valence-corrected chi connectivity index (χ0v) is 9.98. The molecule has 1 unspecified atom stereocenters. The van der Waals surface area contributed by atoms with E-state index in [-0.39, 0.29) is 11.8 Å². The summed E-state index contributed by atoms with van der Waals surface area (Å²) in [5, 5.41) is 11.7. The van der Waals surface area contributed by atoms with Crippen LogP contribution in [0.5, 0.6) is 0 Å². The summed E-state index contributed by atoms with van der Waals surface area (Å²) in [6, 6.07) is 5.28. The van der Waals surface area contributed by atoms with Gasteiger partial charge >= 0.3 is 6.03 Å². The molecule has 5 heteroatoms. The first-order valence-corrected chi connectivity index (χ1v) is 5.45. The van der Waals surface area contributed by atoms with Crippen LogP contribution in [0, 0.1) is 5.82 Å². The van der Waals surface area contributed by atoms with Crippen molar-refractivity contribution >= 4 is 11.7 Å². The molecule has 0 aliphatic heterocycles. The lowest BCUT2D eigenvalue weighted by atomic mass is 10.3. The molecule has 0 heterocycles. The summed E-state index contributed by atoms with van der Waals surface area (Å²) in [5.74, 6) is -0.342. The number of aliphatic hydroxyl groups is 1. The molecule has 1 aromatic rings. The highest BCUT2D eigenvalue weighted by Crippen LogP contribution is 2.09. The first-order valence-electron chi connectivity index (χ1n) is 5.45. The van der Waals surface area contributed by atoms with Crippen LogP contribution >= 0.6 is 0 Å². The topological polar surface area (TPSA) is 52.6 Å². The van der Waals surface area contributed by atoms with Crippen LogP contribution in [-0.4, -0.2) is 35.7 Å². The molecular formula is C12H17FN2O2. The first kappa shape index (κ1) is 13.4. The van der Waals surface area contributed by atoms with E-state index in [1.165, 1.54) is 29.2 Å². The first-order chi connectivity index (χ1) is 7.99. The molecule has 0 saturated carbocycles. The molecule has 0 aliphatic carbocycles. The van der Waals surface area contributed by atoms with Gasteiger partial charge in [-0.15, -0.1) is 0 Å². The van der Waals surface area contributed by atoms with Crippen LogP contribution in [0.25, 0.3) is 0 Å². The van der Waals surface area contributed by atoms with Crippen LogP contribution in [0.2, 0.25) is 0 Å². The lowest BCUT2D eigenvalue weighted by Crippen LogP contribution is -2.33. The van der Waals surface area contributed by atoms with Crippen LogP contribution in [-0.2, 0) is 0 Å². The third-order valence-electron chi connectivity index (χ3n) is 2.32. The SMILES string of the molecule is CC(O)CCN(C)C(=O)Nc1ccc(F)cc1. The highest BCUT2D eigenvalue weighted by atomic mass is 19.1. The number of anilines is 1. The Bertz CT molecular complexity index is 365. The van der Waals surface area contributed by atoms with Gasteiger partial charge in [-0.05, 0) is 37.6 Å². The largest absolute Gasteiger partial charge is 0.393 e. The predicted octanol–water partition coefficient (Wildman–Crippen LogP) is 2.06. The summed E-state index contributed by atoms with van der Waals surface area (Å²) >= 11 is 0. The minimum absolute atomic E-state index is 0.280. The zero-order valence-electron chi connectivity index (χ0n) is 9.98. The summed E-state index contributed by atoms with van der Waals surface area (Å²) in [5.41, 5.74) is 0.542. The van der Waals surface area contributed by atoms with E-state index in [4.69, 9.17) is 5.11 Å². The zero-order chi connectivity index (χ0) is 12.8. The van der Waals surface area contributed by atoms with Gasteiger partial charge in [0.1, 0.15) is 5.82 Å². The Morgan fingerprint density at radius 2 is 2.06 bits per heavy atom. The van der Waals surface area contributed by atoms with Crippen molar-refractivity contribution < 1.29 is 14.3 Å². The number of nitrogens with one attached hydrogen (secondary N) is 1. The van der Waals surface area contributed by atoms with Gasteiger partial charge < -0.3 is 15.3 Å². The van der Waals surface area contributed by atoms with Crippen molar-refractivity contribution in [1.82, 2.24) is 4.90 Å². The molecule has 17 heavy (non-hydrogen) atoms. The summed E-state index contributed by atoms with van der Waals surface area (Å²) in [7, 11) is 1.64. The fourth-order valence-corrected chi connectivity index (χ4v) is 1.23. The molecule has 1 aromatic carbocycles. The van der Waals surface area contributed by atoms with E-state index in [1.807, 2.05) is 0 Å². The lowest BCUT2D eigenvalue weighted by molar-refractivity contribution is 0.167. The van der Waals surface area contributed by atoms with E-state index in [0.717, 1.165) is 0 Å². The number of hydrogen-bond donors (Lipinski definition) is 2. The molecule has 0 fully saturated rings. The number of nitrogens with zero attached hydrogens (tertiary/aromatic N) is 1. The maximum Gasteiger partial charge on any atom is 0.321 e. The number of hydrogen-bond acceptors (Lipinski definition) is 2. The van der Waals surface area contributed by atoms with Gasteiger partial charge in [0.15, 0.2) is 0 Å². The standard InChI is InChI=1S/C12H17FN2O2/c1-9(16)7-8-15(2)12(17)14-11-5-3-10(13)4-6-11/h3-6,9,16H,7-8H2,1-2H3,(H,14,17). The summed E-state index contributed by atoms with van der Waals surface area (Å²) in [6.07, 6.45) is 0.0870. The quantitative estimate of drug-likeness (QED) is 0.846. The van der Waals surface area contributed by atoms with E-state index >= 15 is 0 Å². The summed E-state index contributed by atoms with van der Waals surface area (Å²) in [6.45, 7) is 2.14. The van der Waals surface area contributed by atoms with Crippen molar-refractivity contribution in [2.24, 2.45) is 0 Å². The molecule has 2 N–H and O–H groups in total. The molecule has 0 aromatic heterocycles. The minimum atomic E-state index is -0.434. The monoisotopic (exact) mass is 240 g/mol. The van der Waals surface area contributed by atoms with Crippen LogP contribution in [0.1, 0.15) is 13.3 Å². The van der Waals surface area contributed by atoms with E-state index in [2.05, 4.69) is 5.32 Å². The maximum atomic E-state index is 12.6. The lowest BCUT2D eigenvalue weighted by Gasteiger charge is -2.18. The predicted molar refractivity (Wildman–Crippen MR) is 64.3 cm³/mol. The maximum absolute atomic E-state index is 12.6. The minimum Gasteiger partial charge on any atom is -0.393 e. The highest BCUT2D eigenvalue weighted by Gasteiger charge is 2.09. The number of carbonyl (C=O) groups is 1. The summed E-state index contributed by atoms with van der Waals surface area (Å²) in [4.78, 5) is 13.1. The van der Waals surface area contributed by atoms with Crippen molar-refractivity contribution in [1.29, 1.82) is 0 Å². The van der Waals surface area contributed by atoms with Gasteiger partial charge in [-0.1, -0.05) is 0 Å². The smallest absolute Gasteiger partial charge is 0.321 e. The van der Waals surface area contributed by atoms with Gasteiger partial charge in [0.2, 0.25) is 0 Å². The van der Waals surface area contributed by atoms with Gasteiger partial charge in [-0.25, -0.2) is 9.18 Å². The molecule has 0 bridgehead atoms. The van der Waals surface area contributed by atoms with Crippen molar-refractivity contribution in [3.05, 3.63) is 30.1 Å². The van der Waals surface area contributed by atoms with Crippen LogP contribution < -0.4 is 5.32 Å². The molecule has 2 amide bonds. The number of carbonyl (C=O) groups excluding carboxylic acids is 1. The van der Waals surface area contributed by atoms with Gasteiger partial charge in [0.05, 0.1) is 6.10 Å². The molecule has 0 radical (unpaired) electrons. The highest BCUT2D eigenvalue weighted by molar-refractivity contribution is 5.89. The third kappa shape index (κ3) is 4.82. The van der Waals surface area contributed by atoms with Gasteiger partial charge in [0, 0.05) is 19.3 Å². The Morgan fingerprint density at radius 3 is 2.59 bits per heavy atom. The molecule has 0 aliphatic rings. The van der Waals surface area contributed by atoms with Crippen molar-refractivity contribution in [2.75, 3.05) is 18.9 Å². The molecule has 1 atom stereocenters. The Hall–Kier alpha value is -1.62. The van der Waals surface area contributed by atoms with Crippen LogP contribution in [0.15, 0.2) is 24.3 Å². The number of benzene rings is 1. The molecule has 0 saturated heterocycles. The fraction of sp³-hybridized carbons (Fsp3) is 0.417. The van der Waals surface area contributed by atoms with E-state index in [9.17, 15) is 9.18 Å². The Balaban J connectivity index is 2.45. The van der Waals surface area contributed by atoms with Gasteiger partial charge in [0.25, 0.3) is 0 Å². The summed E-state index contributed by atoms with van der Waals surface area (Å²) < 4.78 is 12.6. The average molecular weight is 240 g/mol. The van der Waals surface area contributed by atoms with Crippen LogP contribution in [0.3, 0.4) is 0 Å².